The van der Waals surface area contributed by atoms with Gasteiger partial charge in [0.25, 0.3) is 5.92 Å². The SMILES string of the molecule is C=CC(F)(F)c1cc(C(C)C)ccc1OCCc1cc[nH]c(=O)c1. The van der Waals surface area contributed by atoms with Crippen LogP contribution in [0.15, 0.2) is 54.0 Å². The van der Waals surface area contributed by atoms with E-state index < -0.39 is 5.92 Å². The number of hydrogen-bond acceptors (Lipinski definition) is 2. The van der Waals surface area contributed by atoms with Gasteiger partial charge in [0.05, 0.1) is 12.2 Å². The van der Waals surface area contributed by atoms with Gasteiger partial charge in [-0.1, -0.05) is 26.5 Å². The molecule has 1 N–H and O–H groups in total. The van der Waals surface area contributed by atoms with E-state index in [0.29, 0.717) is 12.5 Å². The lowest BCUT2D eigenvalue weighted by atomic mass is 9.97. The Morgan fingerprint density at radius 2 is 2.04 bits per heavy atom. The molecular formula is C19H21F2NO2. The van der Waals surface area contributed by atoms with Crippen molar-refractivity contribution < 1.29 is 13.5 Å². The van der Waals surface area contributed by atoms with Gasteiger partial charge in [0.1, 0.15) is 5.75 Å². The first kappa shape index (κ1) is 17.9. The second kappa shape index (κ2) is 7.43. The standard InChI is InChI=1S/C19H21F2NO2/c1-4-19(20,21)16-12-15(13(2)3)5-6-17(16)24-10-8-14-7-9-22-18(23)11-14/h4-7,9,11-13H,1,8,10H2,2-3H3,(H,22,23). The van der Waals surface area contributed by atoms with E-state index in [1.807, 2.05) is 13.8 Å². The number of H-pyrrole nitrogens is 1. The maximum absolute atomic E-state index is 14.1. The molecule has 0 unspecified atom stereocenters. The van der Waals surface area contributed by atoms with Crippen molar-refractivity contribution >= 4 is 0 Å². The van der Waals surface area contributed by atoms with E-state index in [9.17, 15) is 13.6 Å². The summed E-state index contributed by atoms with van der Waals surface area (Å²) >= 11 is 0. The Balaban J connectivity index is 2.19. The molecule has 0 saturated heterocycles. The van der Waals surface area contributed by atoms with Gasteiger partial charge in [-0.2, -0.15) is 8.78 Å². The van der Waals surface area contributed by atoms with E-state index in [2.05, 4.69) is 11.6 Å². The van der Waals surface area contributed by atoms with Gasteiger partial charge in [-0.05, 0) is 41.3 Å². The number of benzene rings is 1. The predicted molar refractivity (Wildman–Crippen MR) is 90.9 cm³/mol. The average molecular weight is 333 g/mol. The minimum atomic E-state index is -3.16. The summed E-state index contributed by atoms with van der Waals surface area (Å²) in [5.41, 5.74) is 1.21. The molecule has 1 aromatic carbocycles. The van der Waals surface area contributed by atoms with E-state index in [4.69, 9.17) is 4.74 Å². The third-order valence-electron chi connectivity index (χ3n) is 3.77. The molecule has 3 nitrogen and oxygen atoms in total. The van der Waals surface area contributed by atoms with Crippen LogP contribution in [-0.2, 0) is 12.3 Å². The molecular weight excluding hydrogens is 312 g/mol. The van der Waals surface area contributed by atoms with Gasteiger partial charge in [-0.3, -0.25) is 4.79 Å². The van der Waals surface area contributed by atoms with Crippen LogP contribution in [0.2, 0.25) is 0 Å². The van der Waals surface area contributed by atoms with Crippen LogP contribution in [-0.4, -0.2) is 11.6 Å². The highest BCUT2D eigenvalue weighted by atomic mass is 19.3. The Kier molecular flexibility index (Phi) is 5.54. The molecule has 0 aliphatic heterocycles. The Bertz CT molecular complexity index is 766. The Labute approximate surface area is 140 Å². The second-order valence-electron chi connectivity index (χ2n) is 5.90. The number of pyridine rings is 1. The van der Waals surface area contributed by atoms with Crippen molar-refractivity contribution in [3.8, 4) is 5.75 Å². The molecule has 0 aliphatic carbocycles. The number of rotatable bonds is 7. The maximum Gasteiger partial charge on any atom is 0.294 e. The molecule has 0 fully saturated rings. The molecule has 0 spiro atoms. The highest BCUT2D eigenvalue weighted by molar-refractivity contribution is 5.43. The van der Waals surface area contributed by atoms with E-state index in [1.54, 1.807) is 24.4 Å². The molecule has 0 bridgehead atoms. The van der Waals surface area contributed by atoms with Crippen molar-refractivity contribution in [3.05, 3.63) is 76.2 Å². The zero-order valence-electron chi connectivity index (χ0n) is 13.8. The topological polar surface area (TPSA) is 42.1 Å². The Morgan fingerprint density at radius 1 is 1.29 bits per heavy atom. The molecule has 0 saturated carbocycles. The fourth-order valence-corrected chi connectivity index (χ4v) is 2.33. The lowest BCUT2D eigenvalue weighted by molar-refractivity contribution is 0.0489. The van der Waals surface area contributed by atoms with Crippen molar-refractivity contribution in [1.29, 1.82) is 0 Å². The van der Waals surface area contributed by atoms with Crippen LogP contribution in [0.4, 0.5) is 8.78 Å². The van der Waals surface area contributed by atoms with Crippen LogP contribution in [0, 0.1) is 0 Å². The number of alkyl halides is 2. The number of aromatic amines is 1. The van der Waals surface area contributed by atoms with Gasteiger partial charge >= 0.3 is 0 Å². The molecule has 2 aromatic rings. The summed E-state index contributed by atoms with van der Waals surface area (Å²) in [4.78, 5) is 13.8. The number of hydrogen-bond donors (Lipinski definition) is 1. The number of nitrogens with one attached hydrogen (secondary N) is 1. The van der Waals surface area contributed by atoms with Crippen LogP contribution in [0.25, 0.3) is 0 Å². The van der Waals surface area contributed by atoms with Gasteiger partial charge in [0, 0.05) is 18.7 Å². The normalized spacial score (nSPS) is 11.5. The highest BCUT2D eigenvalue weighted by Crippen LogP contribution is 2.37. The van der Waals surface area contributed by atoms with Crippen LogP contribution >= 0.6 is 0 Å². The van der Waals surface area contributed by atoms with E-state index in [1.165, 1.54) is 12.1 Å². The molecule has 0 amide bonds. The molecule has 24 heavy (non-hydrogen) atoms. The fraction of sp³-hybridized carbons (Fsp3) is 0.316. The van der Waals surface area contributed by atoms with Gasteiger partial charge in [-0.25, -0.2) is 0 Å². The van der Waals surface area contributed by atoms with E-state index in [0.717, 1.165) is 11.1 Å². The number of allylic oxidation sites excluding steroid dienone is 1. The largest absolute Gasteiger partial charge is 0.493 e. The quantitative estimate of drug-likeness (QED) is 0.763. The average Bonchev–Trinajstić information content (AvgIpc) is 2.55. The lowest BCUT2D eigenvalue weighted by Gasteiger charge is -2.19. The predicted octanol–water partition coefficient (Wildman–Crippen LogP) is 4.40. The molecule has 0 radical (unpaired) electrons. The first-order chi connectivity index (χ1) is 11.3. The number of halogens is 2. The summed E-state index contributed by atoms with van der Waals surface area (Å²) in [6.45, 7) is 7.30. The summed E-state index contributed by atoms with van der Waals surface area (Å²) in [6, 6.07) is 8.04. The van der Waals surface area contributed by atoms with E-state index >= 15 is 0 Å². The summed E-state index contributed by atoms with van der Waals surface area (Å²) in [5.74, 6) is -2.90. The first-order valence-corrected chi connectivity index (χ1v) is 7.79. The summed E-state index contributed by atoms with van der Waals surface area (Å²) in [6.07, 6.45) is 2.62. The van der Waals surface area contributed by atoms with Crippen LogP contribution in [0.3, 0.4) is 0 Å². The zero-order valence-corrected chi connectivity index (χ0v) is 13.8. The zero-order chi connectivity index (χ0) is 17.7. The Hall–Kier alpha value is -2.43. The molecule has 5 heteroatoms. The summed E-state index contributed by atoms with van der Waals surface area (Å²) in [7, 11) is 0. The molecule has 1 aromatic heterocycles. The van der Waals surface area contributed by atoms with Crippen LogP contribution < -0.4 is 10.3 Å². The number of aromatic nitrogens is 1. The van der Waals surface area contributed by atoms with E-state index in [-0.39, 0.29) is 29.4 Å². The first-order valence-electron chi connectivity index (χ1n) is 7.79. The van der Waals surface area contributed by atoms with Crippen LogP contribution in [0.1, 0.15) is 36.5 Å². The second-order valence-corrected chi connectivity index (χ2v) is 5.90. The maximum atomic E-state index is 14.1. The minimum absolute atomic E-state index is 0.133. The highest BCUT2D eigenvalue weighted by Gasteiger charge is 2.31. The van der Waals surface area contributed by atoms with Crippen LogP contribution in [0.5, 0.6) is 5.75 Å². The lowest BCUT2D eigenvalue weighted by Crippen LogP contribution is -2.14. The molecule has 1 heterocycles. The number of ether oxygens (including phenoxy) is 1. The van der Waals surface area contributed by atoms with Gasteiger partial charge in [-0.15, -0.1) is 0 Å². The van der Waals surface area contributed by atoms with Gasteiger partial charge in [0.2, 0.25) is 5.56 Å². The summed E-state index contributed by atoms with van der Waals surface area (Å²) < 4.78 is 33.9. The molecule has 0 atom stereocenters. The van der Waals surface area contributed by atoms with Crippen molar-refractivity contribution in [3.63, 3.8) is 0 Å². The molecule has 2 rings (SSSR count). The third-order valence-corrected chi connectivity index (χ3v) is 3.77. The van der Waals surface area contributed by atoms with Crippen molar-refractivity contribution in [2.45, 2.75) is 32.1 Å². The van der Waals surface area contributed by atoms with Crippen molar-refractivity contribution in [2.24, 2.45) is 0 Å². The Morgan fingerprint density at radius 3 is 2.67 bits per heavy atom. The van der Waals surface area contributed by atoms with Crippen molar-refractivity contribution in [1.82, 2.24) is 4.98 Å². The smallest absolute Gasteiger partial charge is 0.294 e. The fourth-order valence-electron chi connectivity index (χ4n) is 2.33. The van der Waals surface area contributed by atoms with Gasteiger partial charge < -0.3 is 9.72 Å². The third kappa shape index (κ3) is 4.31. The van der Waals surface area contributed by atoms with Crippen molar-refractivity contribution in [2.75, 3.05) is 6.61 Å². The minimum Gasteiger partial charge on any atom is -0.493 e. The molecule has 128 valence electrons. The monoisotopic (exact) mass is 333 g/mol. The summed E-state index contributed by atoms with van der Waals surface area (Å²) in [5, 5.41) is 0. The molecule has 0 aliphatic rings. The van der Waals surface area contributed by atoms with Gasteiger partial charge in [0.15, 0.2) is 0 Å².